The van der Waals surface area contributed by atoms with Gasteiger partial charge in [0.1, 0.15) is 0 Å². The van der Waals surface area contributed by atoms with Crippen molar-refractivity contribution in [3.63, 3.8) is 0 Å². The van der Waals surface area contributed by atoms with E-state index in [4.69, 9.17) is 22.0 Å². The monoisotopic (exact) mass is 281 g/mol. The summed E-state index contributed by atoms with van der Waals surface area (Å²) in [6, 6.07) is 5.95. The molecule has 0 unspecified atom stereocenters. The molecule has 19 heavy (non-hydrogen) atoms. The maximum atomic E-state index is 11.5. The average Bonchev–Trinajstić information content (AvgIpc) is 2.37. The van der Waals surface area contributed by atoms with Gasteiger partial charge in [0.2, 0.25) is 0 Å². The summed E-state index contributed by atoms with van der Waals surface area (Å²) < 4.78 is 0. The number of rotatable bonds is 5. The molecular weight excluding hydrogens is 270 g/mol. The third-order valence-electron chi connectivity index (χ3n) is 2.20. The maximum absolute atomic E-state index is 11.5. The van der Waals surface area contributed by atoms with Gasteiger partial charge in [-0.25, -0.2) is 4.79 Å². The molecule has 0 bridgehead atoms. The zero-order valence-corrected chi connectivity index (χ0v) is 10.7. The predicted octanol–water partition coefficient (Wildman–Crippen LogP) is 2.20. The van der Waals surface area contributed by atoms with Crippen LogP contribution in [-0.4, -0.2) is 23.7 Å². The summed E-state index contributed by atoms with van der Waals surface area (Å²) in [4.78, 5) is 21.8. The number of aliphatic carboxylic acids is 1. The Bertz CT molecular complexity index is 525. The lowest BCUT2D eigenvalue weighted by Crippen LogP contribution is -2.29. The van der Waals surface area contributed by atoms with Crippen molar-refractivity contribution in [1.82, 2.24) is 5.32 Å². The number of benzene rings is 1. The number of hydrogen-bond acceptors (Lipinski definition) is 3. The molecule has 3 N–H and O–H groups in total. The zero-order valence-electron chi connectivity index (χ0n) is 9.94. The van der Waals surface area contributed by atoms with Gasteiger partial charge in [-0.2, -0.15) is 5.26 Å². The Hall–Kier alpha value is -2.26. The third-order valence-corrected chi connectivity index (χ3v) is 2.53. The van der Waals surface area contributed by atoms with Gasteiger partial charge in [-0.1, -0.05) is 11.6 Å². The van der Waals surface area contributed by atoms with Crippen LogP contribution in [0, 0.1) is 11.3 Å². The number of nitrogens with zero attached hydrogens (tertiary/aromatic N) is 1. The van der Waals surface area contributed by atoms with E-state index in [1.807, 2.05) is 6.07 Å². The molecule has 1 aromatic rings. The van der Waals surface area contributed by atoms with Crippen molar-refractivity contribution in [3.8, 4) is 6.07 Å². The average molecular weight is 282 g/mol. The number of carboxylic acid groups (broad SMARTS) is 1. The fourth-order valence-corrected chi connectivity index (χ4v) is 1.46. The number of carbonyl (C=O) groups excluding carboxylic acids is 1. The molecule has 0 spiro atoms. The highest BCUT2D eigenvalue weighted by molar-refractivity contribution is 6.33. The van der Waals surface area contributed by atoms with Gasteiger partial charge in [0.05, 0.1) is 22.3 Å². The number of nitrogens with one attached hydrogen (secondary N) is 2. The van der Waals surface area contributed by atoms with E-state index < -0.39 is 12.0 Å². The lowest BCUT2D eigenvalue weighted by atomic mass is 10.2. The van der Waals surface area contributed by atoms with Crippen molar-refractivity contribution in [2.45, 2.75) is 12.8 Å². The van der Waals surface area contributed by atoms with E-state index in [0.717, 1.165) is 0 Å². The first-order valence-electron chi connectivity index (χ1n) is 5.49. The number of hydrogen-bond donors (Lipinski definition) is 3. The molecule has 0 aromatic heterocycles. The summed E-state index contributed by atoms with van der Waals surface area (Å²) in [6.07, 6.45) is 0.333. The van der Waals surface area contributed by atoms with E-state index in [0.29, 0.717) is 22.7 Å². The summed E-state index contributed by atoms with van der Waals surface area (Å²) in [7, 11) is 0. The zero-order chi connectivity index (χ0) is 14.3. The SMILES string of the molecule is N#Cc1ccc(Cl)c(NC(=O)NCCCC(=O)O)c1. The van der Waals surface area contributed by atoms with Crippen molar-refractivity contribution < 1.29 is 14.7 Å². The smallest absolute Gasteiger partial charge is 0.319 e. The van der Waals surface area contributed by atoms with Crippen molar-refractivity contribution in [2.75, 3.05) is 11.9 Å². The van der Waals surface area contributed by atoms with Crippen LogP contribution in [0.15, 0.2) is 18.2 Å². The van der Waals surface area contributed by atoms with E-state index >= 15 is 0 Å². The molecule has 0 radical (unpaired) electrons. The van der Waals surface area contributed by atoms with E-state index in [-0.39, 0.29) is 13.0 Å². The molecule has 0 heterocycles. The number of carbonyl (C=O) groups is 2. The number of anilines is 1. The van der Waals surface area contributed by atoms with Gasteiger partial charge in [-0.15, -0.1) is 0 Å². The minimum Gasteiger partial charge on any atom is -0.481 e. The first kappa shape index (κ1) is 14.8. The van der Waals surface area contributed by atoms with Crippen LogP contribution in [0.25, 0.3) is 0 Å². The Kier molecular flexibility index (Phi) is 5.64. The number of carboxylic acids is 1. The summed E-state index contributed by atoms with van der Waals surface area (Å²) >= 11 is 5.87. The molecule has 1 rings (SSSR count). The third kappa shape index (κ3) is 5.27. The molecule has 7 heteroatoms. The van der Waals surface area contributed by atoms with Gasteiger partial charge >= 0.3 is 12.0 Å². The summed E-state index contributed by atoms with van der Waals surface area (Å²) in [5.74, 6) is -0.910. The van der Waals surface area contributed by atoms with Crippen LogP contribution >= 0.6 is 11.6 Å². The van der Waals surface area contributed by atoms with E-state index in [1.165, 1.54) is 18.2 Å². The van der Waals surface area contributed by atoms with Crippen LogP contribution in [0.5, 0.6) is 0 Å². The largest absolute Gasteiger partial charge is 0.481 e. The molecule has 0 saturated carbocycles. The van der Waals surface area contributed by atoms with Crippen LogP contribution in [0.2, 0.25) is 5.02 Å². The Morgan fingerprint density at radius 3 is 2.79 bits per heavy atom. The van der Waals surface area contributed by atoms with Gasteiger partial charge in [0, 0.05) is 13.0 Å². The summed E-state index contributed by atoms with van der Waals surface area (Å²) in [5, 5.41) is 22.5. The van der Waals surface area contributed by atoms with Crippen LogP contribution in [0.1, 0.15) is 18.4 Å². The lowest BCUT2D eigenvalue weighted by molar-refractivity contribution is -0.137. The Labute approximate surface area is 115 Å². The van der Waals surface area contributed by atoms with Crippen LogP contribution in [0.3, 0.4) is 0 Å². The van der Waals surface area contributed by atoms with Crippen LogP contribution in [-0.2, 0) is 4.79 Å². The fraction of sp³-hybridized carbons (Fsp3) is 0.250. The second kappa shape index (κ2) is 7.24. The summed E-state index contributed by atoms with van der Waals surface area (Å²) in [5.41, 5.74) is 0.710. The van der Waals surface area contributed by atoms with Crippen molar-refractivity contribution in [1.29, 1.82) is 5.26 Å². The van der Waals surface area contributed by atoms with E-state index in [9.17, 15) is 9.59 Å². The molecule has 6 nitrogen and oxygen atoms in total. The molecule has 0 aliphatic rings. The first-order valence-corrected chi connectivity index (χ1v) is 5.87. The molecule has 0 atom stereocenters. The Balaban J connectivity index is 2.48. The van der Waals surface area contributed by atoms with Gasteiger partial charge in [0.25, 0.3) is 0 Å². The van der Waals surface area contributed by atoms with Gasteiger partial charge < -0.3 is 15.7 Å². The molecule has 100 valence electrons. The Morgan fingerprint density at radius 1 is 1.42 bits per heavy atom. The molecule has 0 fully saturated rings. The molecule has 1 aromatic carbocycles. The predicted molar refractivity (Wildman–Crippen MR) is 70.1 cm³/mol. The number of urea groups is 1. The maximum Gasteiger partial charge on any atom is 0.319 e. The van der Waals surface area contributed by atoms with Crippen molar-refractivity contribution in [2.24, 2.45) is 0 Å². The lowest BCUT2D eigenvalue weighted by Gasteiger charge is -2.08. The molecule has 0 aliphatic carbocycles. The number of nitriles is 1. The minimum absolute atomic E-state index is 0.00897. The number of amides is 2. The molecule has 2 amide bonds. The highest BCUT2D eigenvalue weighted by Gasteiger charge is 2.06. The topological polar surface area (TPSA) is 102 Å². The second-order valence-electron chi connectivity index (χ2n) is 3.68. The number of halogens is 1. The minimum atomic E-state index is -0.910. The van der Waals surface area contributed by atoms with Crippen molar-refractivity contribution >= 4 is 29.3 Å². The van der Waals surface area contributed by atoms with Crippen molar-refractivity contribution in [3.05, 3.63) is 28.8 Å². The van der Waals surface area contributed by atoms with Crippen LogP contribution in [0.4, 0.5) is 10.5 Å². The van der Waals surface area contributed by atoms with Gasteiger partial charge in [0.15, 0.2) is 0 Å². The van der Waals surface area contributed by atoms with E-state index in [2.05, 4.69) is 10.6 Å². The fourth-order valence-electron chi connectivity index (χ4n) is 1.30. The van der Waals surface area contributed by atoms with Crippen LogP contribution < -0.4 is 10.6 Å². The van der Waals surface area contributed by atoms with E-state index in [1.54, 1.807) is 0 Å². The molecular formula is C12H12ClN3O3. The quantitative estimate of drug-likeness (QED) is 0.720. The standard InChI is InChI=1S/C12H12ClN3O3/c13-9-4-3-8(7-14)6-10(9)16-12(19)15-5-1-2-11(17)18/h3-4,6H,1-2,5H2,(H,17,18)(H2,15,16,19). The highest BCUT2D eigenvalue weighted by atomic mass is 35.5. The second-order valence-corrected chi connectivity index (χ2v) is 4.09. The van der Waals surface area contributed by atoms with Gasteiger partial charge in [-0.05, 0) is 24.6 Å². The van der Waals surface area contributed by atoms with Gasteiger partial charge in [-0.3, -0.25) is 4.79 Å². The Morgan fingerprint density at radius 2 is 2.16 bits per heavy atom. The normalized spacial score (nSPS) is 9.47. The molecule has 0 aliphatic heterocycles. The molecule has 0 saturated heterocycles. The highest BCUT2D eigenvalue weighted by Crippen LogP contribution is 2.22. The summed E-state index contributed by atoms with van der Waals surface area (Å²) in [6.45, 7) is 0.244. The first-order chi connectivity index (χ1) is 9.02.